The van der Waals surface area contributed by atoms with Crippen molar-refractivity contribution in [1.29, 1.82) is 0 Å². The van der Waals surface area contributed by atoms with Crippen molar-refractivity contribution >= 4 is 5.91 Å². The van der Waals surface area contributed by atoms with Gasteiger partial charge in [-0.15, -0.1) is 0 Å². The maximum absolute atomic E-state index is 13.7. The molecule has 1 aliphatic carbocycles. The van der Waals surface area contributed by atoms with Gasteiger partial charge in [0, 0.05) is 36.5 Å². The van der Waals surface area contributed by atoms with Crippen LogP contribution in [0, 0.1) is 17.6 Å². The maximum Gasteiger partial charge on any atom is 0.226 e. The molecule has 0 aromatic heterocycles. The molecule has 1 N–H and O–H groups in total. The molecule has 1 aromatic rings. The normalized spacial score (nSPS) is 26.0. The van der Waals surface area contributed by atoms with Crippen molar-refractivity contribution in [3.8, 4) is 0 Å². The fourth-order valence-electron chi connectivity index (χ4n) is 3.27. The molecule has 2 aliphatic rings. The molecule has 0 spiro atoms. The van der Waals surface area contributed by atoms with Crippen LogP contribution in [0.1, 0.15) is 30.7 Å². The minimum atomic E-state index is -0.538. The first-order valence-corrected chi connectivity index (χ1v) is 7.51. The van der Waals surface area contributed by atoms with Crippen LogP contribution in [0.5, 0.6) is 0 Å². The van der Waals surface area contributed by atoms with Gasteiger partial charge in [0.05, 0.1) is 0 Å². The van der Waals surface area contributed by atoms with Crippen molar-refractivity contribution in [3.63, 3.8) is 0 Å². The van der Waals surface area contributed by atoms with Crippen molar-refractivity contribution < 1.29 is 13.6 Å². The lowest BCUT2D eigenvalue weighted by molar-refractivity contribution is -0.133. The molecule has 1 aliphatic heterocycles. The van der Waals surface area contributed by atoms with Gasteiger partial charge in [0.25, 0.3) is 0 Å². The summed E-state index contributed by atoms with van der Waals surface area (Å²) in [5, 5.41) is 3.22. The molecule has 1 saturated heterocycles. The lowest BCUT2D eigenvalue weighted by atomic mass is 10.0. The lowest BCUT2D eigenvalue weighted by Gasteiger charge is -2.32. The second kappa shape index (κ2) is 5.72. The Morgan fingerprint density at radius 3 is 2.43 bits per heavy atom. The van der Waals surface area contributed by atoms with Crippen LogP contribution in [0.3, 0.4) is 0 Å². The molecule has 1 aromatic carbocycles. The van der Waals surface area contributed by atoms with Crippen LogP contribution in [-0.4, -0.2) is 37.0 Å². The number of hydrogen-bond donors (Lipinski definition) is 1. The summed E-state index contributed by atoms with van der Waals surface area (Å²) in [6, 6.07) is 4.34. The predicted molar refractivity (Wildman–Crippen MR) is 75.9 cm³/mol. The molecule has 0 bridgehead atoms. The zero-order valence-electron chi connectivity index (χ0n) is 12.1. The van der Waals surface area contributed by atoms with E-state index in [1.807, 2.05) is 11.9 Å². The Hall–Kier alpha value is -1.49. The van der Waals surface area contributed by atoms with Crippen LogP contribution in [0.4, 0.5) is 8.78 Å². The smallest absolute Gasteiger partial charge is 0.226 e. The third-order valence-electron chi connectivity index (χ3n) is 4.69. The standard InChI is InChI=1S/C16H20F2N2O/c1-19-10-5-7-20(8-6-10)16(21)12-9-11(12)15-13(17)3-2-4-14(15)18/h2-4,10-12,19H,5-9H2,1H3. The minimum absolute atomic E-state index is 0.0530. The summed E-state index contributed by atoms with van der Waals surface area (Å²) in [6.07, 6.45) is 2.43. The van der Waals surface area contributed by atoms with E-state index in [9.17, 15) is 13.6 Å². The van der Waals surface area contributed by atoms with Crippen LogP contribution in [0.2, 0.25) is 0 Å². The van der Waals surface area contributed by atoms with Gasteiger partial charge in [-0.2, -0.15) is 0 Å². The highest BCUT2D eigenvalue weighted by Gasteiger charge is 2.48. The SMILES string of the molecule is CNC1CCN(C(=O)C2CC2c2c(F)cccc2F)CC1. The van der Waals surface area contributed by atoms with Crippen LogP contribution >= 0.6 is 0 Å². The van der Waals surface area contributed by atoms with Gasteiger partial charge < -0.3 is 10.2 Å². The molecule has 114 valence electrons. The number of hydrogen-bond acceptors (Lipinski definition) is 2. The van der Waals surface area contributed by atoms with Crippen molar-refractivity contribution in [2.75, 3.05) is 20.1 Å². The molecule has 3 nitrogen and oxygen atoms in total. The monoisotopic (exact) mass is 294 g/mol. The summed E-state index contributed by atoms with van der Waals surface area (Å²) in [4.78, 5) is 14.3. The van der Waals surface area contributed by atoms with Crippen LogP contribution in [0.25, 0.3) is 0 Å². The zero-order valence-corrected chi connectivity index (χ0v) is 12.1. The Morgan fingerprint density at radius 2 is 1.86 bits per heavy atom. The second-order valence-corrected chi connectivity index (χ2v) is 5.97. The fraction of sp³-hybridized carbons (Fsp3) is 0.562. The number of benzene rings is 1. The average Bonchev–Trinajstić information content (AvgIpc) is 3.27. The van der Waals surface area contributed by atoms with E-state index in [0.717, 1.165) is 25.9 Å². The Balaban J connectivity index is 1.64. The molecular formula is C16H20F2N2O. The first-order chi connectivity index (χ1) is 10.1. The van der Waals surface area contributed by atoms with E-state index in [4.69, 9.17) is 0 Å². The highest BCUT2D eigenvalue weighted by atomic mass is 19.1. The number of halogens is 2. The van der Waals surface area contributed by atoms with E-state index in [-0.39, 0.29) is 23.3 Å². The highest BCUT2D eigenvalue weighted by Crippen LogP contribution is 2.50. The Kier molecular flexibility index (Phi) is 3.93. The first-order valence-electron chi connectivity index (χ1n) is 7.51. The minimum Gasteiger partial charge on any atom is -0.342 e. The lowest BCUT2D eigenvalue weighted by Crippen LogP contribution is -2.44. The van der Waals surface area contributed by atoms with Crippen molar-refractivity contribution in [2.45, 2.75) is 31.2 Å². The number of nitrogens with one attached hydrogen (secondary N) is 1. The van der Waals surface area contributed by atoms with E-state index in [2.05, 4.69) is 5.32 Å². The molecule has 0 radical (unpaired) electrons. The maximum atomic E-state index is 13.7. The molecule has 5 heteroatoms. The number of carbonyl (C=O) groups excluding carboxylic acids is 1. The third kappa shape index (κ3) is 2.79. The number of nitrogens with zero attached hydrogens (tertiary/aromatic N) is 1. The molecule has 1 amide bonds. The molecular weight excluding hydrogens is 274 g/mol. The van der Waals surface area contributed by atoms with Gasteiger partial charge in [-0.05, 0) is 38.4 Å². The van der Waals surface area contributed by atoms with Gasteiger partial charge in [0.2, 0.25) is 5.91 Å². The van der Waals surface area contributed by atoms with Gasteiger partial charge in [-0.1, -0.05) is 6.07 Å². The topological polar surface area (TPSA) is 32.3 Å². The van der Waals surface area contributed by atoms with Gasteiger partial charge >= 0.3 is 0 Å². The highest BCUT2D eigenvalue weighted by molar-refractivity contribution is 5.83. The molecule has 2 atom stereocenters. The number of amides is 1. The second-order valence-electron chi connectivity index (χ2n) is 5.97. The fourth-order valence-corrected chi connectivity index (χ4v) is 3.27. The van der Waals surface area contributed by atoms with Gasteiger partial charge in [-0.3, -0.25) is 4.79 Å². The zero-order chi connectivity index (χ0) is 15.0. The molecule has 2 unspecified atom stereocenters. The molecule has 1 heterocycles. The number of carbonyl (C=O) groups is 1. The van der Waals surface area contributed by atoms with Crippen LogP contribution in [0.15, 0.2) is 18.2 Å². The summed E-state index contributed by atoms with van der Waals surface area (Å²) >= 11 is 0. The van der Waals surface area contributed by atoms with Crippen LogP contribution in [-0.2, 0) is 4.79 Å². The summed E-state index contributed by atoms with van der Waals surface area (Å²) in [5.41, 5.74) is 0.0842. The quantitative estimate of drug-likeness (QED) is 0.927. The van der Waals surface area contributed by atoms with Crippen LogP contribution < -0.4 is 5.32 Å². The molecule has 21 heavy (non-hydrogen) atoms. The number of likely N-dealkylation sites (tertiary alicyclic amines) is 1. The van der Waals surface area contributed by atoms with Gasteiger partial charge in [-0.25, -0.2) is 8.78 Å². The largest absolute Gasteiger partial charge is 0.342 e. The van der Waals surface area contributed by atoms with Gasteiger partial charge in [0.15, 0.2) is 0 Å². The number of piperidine rings is 1. The van der Waals surface area contributed by atoms with Gasteiger partial charge in [0.1, 0.15) is 11.6 Å². The summed E-state index contributed by atoms with van der Waals surface area (Å²) in [6.45, 7) is 1.46. The van der Waals surface area contributed by atoms with E-state index in [1.165, 1.54) is 18.2 Å². The summed E-state index contributed by atoms with van der Waals surface area (Å²) < 4.78 is 27.5. The molecule has 2 fully saturated rings. The Labute approximate surface area is 123 Å². The van der Waals surface area contributed by atoms with E-state index < -0.39 is 11.6 Å². The summed E-state index contributed by atoms with van der Waals surface area (Å²) in [5.74, 6) is -1.56. The van der Waals surface area contributed by atoms with E-state index >= 15 is 0 Å². The van der Waals surface area contributed by atoms with Crippen molar-refractivity contribution in [2.24, 2.45) is 5.92 Å². The van der Waals surface area contributed by atoms with E-state index in [0.29, 0.717) is 12.5 Å². The molecule has 3 rings (SSSR count). The predicted octanol–water partition coefficient (Wildman–Crippen LogP) is 2.28. The third-order valence-corrected chi connectivity index (χ3v) is 4.69. The average molecular weight is 294 g/mol. The Bertz CT molecular complexity index is 521. The van der Waals surface area contributed by atoms with E-state index in [1.54, 1.807) is 0 Å². The molecule has 1 saturated carbocycles. The van der Waals surface area contributed by atoms with Crippen molar-refractivity contribution in [3.05, 3.63) is 35.4 Å². The Morgan fingerprint density at radius 1 is 1.24 bits per heavy atom. The summed E-state index contributed by atoms with van der Waals surface area (Å²) in [7, 11) is 1.93. The first kappa shape index (κ1) is 14.4. The number of rotatable bonds is 3. The van der Waals surface area contributed by atoms with Crippen molar-refractivity contribution in [1.82, 2.24) is 10.2 Å².